The Bertz CT molecular complexity index is 830. The summed E-state index contributed by atoms with van der Waals surface area (Å²) >= 11 is 5.72. The number of aliphatic hydroxyl groups is 4. The molecule has 186 valence electrons. The van der Waals surface area contributed by atoms with Crippen LogP contribution in [-0.2, 0) is 0 Å². The summed E-state index contributed by atoms with van der Waals surface area (Å²) in [6.45, 7) is 0.784. The highest BCUT2D eigenvalue weighted by Crippen LogP contribution is 2.37. The molecule has 0 aliphatic heterocycles. The first kappa shape index (κ1) is 30.5. The molecule has 33 heavy (non-hydrogen) atoms. The number of carbonyl (C=O) groups is 3. The van der Waals surface area contributed by atoms with Gasteiger partial charge in [-0.25, -0.2) is 4.79 Å². The molecule has 0 heterocycles. The number of rotatable bonds is 10. The molecule has 0 radical (unpaired) electrons. The standard InChI is InChI=1S/C19H27I3N4O7/c1-4-23-19(33)24-16-14(21)11(17(31)25(2)5-9(29)7-27)13(20)12(15(16)22)18(32)26(3)6-10(30)8-28/h9-10,27-30H,4-8H2,1-3H3,(H2,23,24,33). The Morgan fingerprint density at radius 1 is 0.848 bits per heavy atom. The van der Waals surface area contributed by atoms with Gasteiger partial charge in [0, 0.05) is 37.3 Å². The minimum atomic E-state index is -1.14. The molecule has 0 aliphatic carbocycles. The van der Waals surface area contributed by atoms with E-state index in [4.69, 9.17) is 10.2 Å². The normalized spacial score (nSPS) is 12.7. The minimum absolute atomic E-state index is 0.140. The zero-order chi connectivity index (χ0) is 25.5. The zero-order valence-electron chi connectivity index (χ0n) is 18.2. The van der Waals surface area contributed by atoms with E-state index in [2.05, 4.69) is 10.6 Å². The molecule has 0 spiro atoms. The Morgan fingerprint density at radius 3 is 1.58 bits per heavy atom. The van der Waals surface area contributed by atoms with E-state index in [9.17, 15) is 24.6 Å². The van der Waals surface area contributed by atoms with Gasteiger partial charge in [-0.3, -0.25) is 9.59 Å². The number of nitrogens with zero attached hydrogens (tertiary/aromatic N) is 2. The molecule has 4 amide bonds. The van der Waals surface area contributed by atoms with Crippen LogP contribution in [0.3, 0.4) is 0 Å². The summed E-state index contributed by atoms with van der Waals surface area (Å²) in [6, 6.07) is -0.514. The van der Waals surface area contributed by atoms with Crippen LogP contribution in [0, 0.1) is 10.7 Å². The third-order valence-corrected chi connectivity index (χ3v) is 7.64. The van der Waals surface area contributed by atoms with Gasteiger partial charge in [-0.05, 0) is 74.7 Å². The molecule has 1 aromatic rings. The molecule has 2 atom stereocenters. The summed E-state index contributed by atoms with van der Waals surface area (Å²) in [4.78, 5) is 41.2. The number of likely N-dealkylation sites (N-methyl/N-ethyl adjacent to an activating group) is 2. The van der Waals surface area contributed by atoms with Crippen molar-refractivity contribution in [3.05, 3.63) is 21.8 Å². The number of urea groups is 1. The van der Waals surface area contributed by atoms with Gasteiger partial charge in [0.25, 0.3) is 11.8 Å². The summed E-state index contributed by atoms with van der Waals surface area (Å²) in [5.74, 6) is -1.03. The summed E-state index contributed by atoms with van der Waals surface area (Å²) < 4.78 is 1.13. The van der Waals surface area contributed by atoms with Crippen LogP contribution in [-0.4, -0.2) is 107 Å². The molecular formula is C19H27I3N4O7. The summed E-state index contributed by atoms with van der Waals surface area (Å²) in [5, 5.41) is 43.0. The maximum Gasteiger partial charge on any atom is 0.319 e. The molecule has 2 unspecified atom stereocenters. The van der Waals surface area contributed by atoms with E-state index in [1.807, 2.05) is 67.8 Å². The number of benzene rings is 1. The van der Waals surface area contributed by atoms with E-state index < -0.39 is 43.3 Å². The van der Waals surface area contributed by atoms with E-state index in [0.29, 0.717) is 17.3 Å². The number of anilines is 1. The molecule has 0 bridgehead atoms. The van der Waals surface area contributed by atoms with E-state index in [1.54, 1.807) is 6.92 Å². The Hall–Kier alpha value is -0.540. The molecule has 0 aliphatic rings. The topological polar surface area (TPSA) is 163 Å². The van der Waals surface area contributed by atoms with Crippen molar-refractivity contribution in [1.29, 1.82) is 0 Å². The SMILES string of the molecule is CCNC(=O)Nc1c(I)c(C(=O)N(C)CC(O)CO)c(I)c(C(=O)N(C)CC(O)CO)c1I. The first-order chi connectivity index (χ1) is 15.4. The summed E-state index contributed by atoms with van der Waals surface area (Å²) in [6.07, 6.45) is -2.28. The van der Waals surface area contributed by atoms with Crippen LogP contribution in [0.4, 0.5) is 10.5 Å². The monoisotopic (exact) mass is 804 g/mol. The maximum atomic E-state index is 13.3. The predicted molar refractivity (Wildman–Crippen MR) is 147 cm³/mol. The van der Waals surface area contributed by atoms with E-state index >= 15 is 0 Å². The van der Waals surface area contributed by atoms with Crippen molar-refractivity contribution in [1.82, 2.24) is 15.1 Å². The second kappa shape index (κ2) is 14.1. The Morgan fingerprint density at radius 2 is 1.24 bits per heavy atom. The molecular weight excluding hydrogens is 777 g/mol. The Labute approximate surface area is 232 Å². The van der Waals surface area contributed by atoms with Crippen LogP contribution in [0.5, 0.6) is 0 Å². The highest BCUT2D eigenvalue weighted by Gasteiger charge is 2.31. The average molecular weight is 804 g/mol. The fraction of sp³-hybridized carbons (Fsp3) is 0.526. The van der Waals surface area contributed by atoms with Gasteiger partial charge in [0.1, 0.15) is 0 Å². The number of amides is 4. The number of hydrogen-bond acceptors (Lipinski definition) is 7. The third kappa shape index (κ3) is 7.99. The van der Waals surface area contributed by atoms with Crippen LogP contribution in [0.2, 0.25) is 0 Å². The fourth-order valence-corrected chi connectivity index (χ4v) is 7.12. The smallest absolute Gasteiger partial charge is 0.319 e. The Kier molecular flexibility index (Phi) is 13.1. The molecule has 14 heteroatoms. The number of nitrogens with one attached hydrogen (secondary N) is 2. The van der Waals surface area contributed by atoms with Crippen LogP contribution in [0.1, 0.15) is 27.6 Å². The molecule has 1 rings (SSSR count). The first-order valence-corrected chi connectivity index (χ1v) is 13.0. The number of halogens is 3. The lowest BCUT2D eigenvalue weighted by Gasteiger charge is -2.26. The molecule has 0 aromatic heterocycles. The van der Waals surface area contributed by atoms with Crippen molar-refractivity contribution in [2.75, 3.05) is 52.3 Å². The lowest BCUT2D eigenvalue weighted by Crippen LogP contribution is -2.39. The zero-order valence-corrected chi connectivity index (χ0v) is 24.7. The number of carbonyl (C=O) groups excluding carboxylic acids is 3. The van der Waals surface area contributed by atoms with Gasteiger partial charge in [-0.15, -0.1) is 0 Å². The highest BCUT2D eigenvalue weighted by atomic mass is 127. The quantitative estimate of drug-likeness (QED) is 0.188. The Balaban J connectivity index is 3.67. The largest absolute Gasteiger partial charge is 0.394 e. The fourth-order valence-electron chi connectivity index (χ4n) is 2.76. The van der Waals surface area contributed by atoms with Crippen molar-refractivity contribution < 1.29 is 34.8 Å². The van der Waals surface area contributed by atoms with Crippen molar-refractivity contribution in [3.8, 4) is 0 Å². The average Bonchev–Trinajstić information content (AvgIpc) is 2.76. The molecule has 0 saturated carbocycles. The second-order valence-corrected chi connectivity index (χ2v) is 10.3. The van der Waals surface area contributed by atoms with Crippen LogP contribution in [0.15, 0.2) is 0 Å². The summed E-state index contributed by atoms with van der Waals surface area (Å²) in [5.41, 5.74) is 0.563. The van der Waals surface area contributed by atoms with Gasteiger partial charge in [0.2, 0.25) is 0 Å². The predicted octanol–water partition coefficient (Wildman–Crippen LogP) is 0.492. The molecule has 0 fully saturated rings. The lowest BCUT2D eigenvalue weighted by molar-refractivity contribution is 0.0514. The van der Waals surface area contributed by atoms with E-state index in [-0.39, 0.29) is 29.9 Å². The van der Waals surface area contributed by atoms with Crippen molar-refractivity contribution in [2.45, 2.75) is 19.1 Å². The minimum Gasteiger partial charge on any atom is -0.394 e. The summed E-state index contributed by atoms with van der Waals surface area (Å²) in [7, 11) is 2.90. The van der Waals surface area contributed by atoms with Crippen LogP contribution < -0.4 is 10.6 Å². The van der Waals surface area contributed by atoms with Crippen LogP contribution >= 0.6 is 67.8 Å². The third-order valence-electron chi connectivity index (χ3n) is 4.40. The second-order valence-electron chi connectivity index (χ2n) is 7.10. The van der Waals surface area contributed by atoms with Gasteiger partial charge in [-0.1, -0.05) is 0 Å². The van der Waals surface area contributed by atoms with Gasteiger partial charge >= 0.3 is 6.03 Å². The van der Waals surface area contributed by atoms with Crippen molar-refractivity contribution in [2.24, 2.45) is 0 Å². The molecule has 11 nitrogen and oxygen atoms in total. The first-order valence-electron chi connectivity index (χ1n) is 9.75. The molecule has 6 N–H and O–H groups in total. The van der Waals surface area contributed by atoms with Crippen molar-refractivity contribution in [3.63, 3.8) is 0 Å². The molecule has 0 saturated heterocycles. The maximum absolute atomic E-state index is 13.3. The lowest BCUT2D eigenvalue weighted by atomic mass is 10.1. The molecule has 1 aromatic carbocycles. The van der Waals surface area contributed by atoms with E-state index in [1.165, 1.54) is 23.9 Å². The van der Waals surface area contributed by atoms with E-state index in [0.717, 1.165) is 0 Å². The highest BCUT2D eigenvalue weighted by molar-refractivity contribution is 14.1. The van der Waals surface area contributed by atoms with Gasteiger partial charge in [0.15, 0.2) is 0 Å². The number of aliphatic hydroxyl groups excluding tert-OH is 4. The van der Waals surface area contributed by atoms with Crippen LogP contribution in [0.25, 0.3) is 0 Å². The number of hydrogen-bond donors (Lipinski definition) is 6. The van der Waals surface area contributed by atoms with Gasteiger partial charge in [0.05, 0.1) is 49.4 Å². The van der Waals surface area contributed by atoms with Gasteiger partial charge in [-0.2, -0.15) is 0 Å². The van der Waals surface area contributed by atoms with Crippen molar-refractivity contribution >= 4 is 91.3 Å². The van der Waals surface area contributed by atoms with Gasteiger partial charge < -0.3 is 40.9 Å².